The molecule has 2 aliphatic heterocycles. The van der Waals surface area contributed by atoms with Gasteiger partial charge in [0.15, 0.2) is 0 Å². The van der Waals surface area contributed by atoms with Gasteiger partial charge in [0.05, 0.1) is 4.87 Å². The van der Waals surface area contributed by atoms with Crippen LogP contribution in [0.5, 0.6) is 0 Å². The second-order valence-electron chi connectivity index (χ2n) is 8.69. The molecule has 2 amide bonds. The molecule has 5 heteroatoms. The molecule has 4 rings (SSSR count). The van der Waals surface area contributed by atoms with Crippen molar-refractivity contribution in [1.29, 1.82) is 0 Å². The first kappa shape index (κ1) is 19.8. The van der Waals surface area contributed by atoms with E-state index in [9.17, 15) is 9.59 Å². The number of carbonyl (C=O) groups excluding carboxylic acids is 2. The van der Waals surface area contributed by atoms with Gasteiger partial charge in [0.1, 0.15) is 0 Å². The number of nitrogens with zero attached hydrogens (tertiary/aromatic N) is 2. The fourth-order valence-electron chi connectivity index (χ4n) is 5.13. The molecule has 0 radical (unpaired) electrons. The zero-order valence-corrected chi connectivity index (χ0v) is 17.8. The van der Waals surface area contributed by atoms with Crippen molar-refractivity contribution in [2.75, 3.05) is 25.4 Å². The summed E-state index contributed by atoms with van der Waals surface area (Å²) >= 11 is 1.92. The number of rotatable bonds is 4. The highest BCUT2D eigenvalue weighted by molar-refractivity contribution is 8.00. The van der Waals surface area contributed by atoms with Gasteiger partial charge in [-0.2, -0.15) is 0 Å². The van der Waals surface area contributed by atoms with Gasteiger partial charge in [0, 0.05) is 37.4 Å². The normalized spacial score (nSPS) is 22.2. The van der Waals surface area contributed by atoms with Crippen LogP contribution in [0, 0.1) is 12.8 Å². The molecule has 1 aliphatic carbocycles. The maximum absolute atomic E-state index is 13.2. The molecule has 3 aliphatic rings. The summed E-state index contributed by atoms with van der Waals surface area (Å²) in [5.74, 6) is 2.23. The fourth-order valence-corrected chi connectivity index (χ4v) is 6.59. The van der Waals surface area contributed by atoms with Crippen LogP contribution in [0.25, 0.3) is 0 Å². The largest absolute Gasteiger partial charge is 0.342 e. The molecule has 1 aromatic rings. The van der Waals surface area contributed by atoms with Crippen LogP contribution in [0.2, 0.25) is 0 Å². The van der Waals surface area contributed by atoms with E-state index >= 15 is 0 Å². The van der Waals surface area contributed by atoms with Crippen molar-refractivity contribution in [2.45, 2.75) is 63.2 Å². The SMILES string of the molecule is Cc1cccc(C(=O)N2CCSC23CCN(C(=O)CCC2CCCC2)CC3)c1. The predicted octanol–water partition coefficient (Wildman–Crippen LogP) is 4.47. The maximum Gasteiger partial charge on any atom is 0.255 e. The molecular formula is C23H32N2O2S. The highest BCUT2D eigenvalue weighted by Gasteiger charge is 2.47. The number of benzene rings is 1. The summed E-state index contributed by atoms with van der Waals surface area (Å²) in [6, 6.07) is 7.90. The quantitative estimate of drug-likeness (QED) is 0.748. The molecule has 1 aromatic carbocycles. The van der Waals surface area contributed by atoms with Crippen molar-refractivity contribution in [3.05, 3.63) is 35.4 Å². The summed E-state index contributed by atoms with van der Waals surface area (Å²) < 4.78 is 0. The van der Waals surface area contributed by atoms with E-state index in [1.54, 1.807) is 0 Å². The van der Waals surface area contributed by atoms with Gasteiger partial charge in [0.25, 0.3) is 5.91 Å². The average molecular weight is 401 g/mol. The molecule has 4 nitrogen and oxygen atoms in total. The Labute approximate surface area is 173 Å². The fraction of sp³-hybridized carbons (Fsp3) is 0.652. The second kappa shape index (κ2) is 8.48. The molecule has 0 unspecified atom stereocenters. The first-order valence-electron chi connectivity index (χ1n) is 10.9. The minimum absolute atomic E-state index is 0.122. The van der Waals surface area contributed by atoms with Gasteiger partial charge >= 0.3 is 0 Å². The van der Waals surface area contributed by atoms with E-state index in [0.717, 1.165) is 61.7 Å². The van der Waals surface area contributed by atoms with Crippen LogP contribution in [-0.4, -0.2) is 51.9 Å². The van der Waals surface area contributed by atoms with Gasteiger partial charge in [-0.25, -0.2) is 0 Å². The molecule has 1 spiro atoms. The molecule has 152 valence electrons. The molecule has 0 bridgehead atoms. The monoisotopic (exact) mass is 400 g/mol. The molecule has 0 atom stereocenters. The number of hydrogen-bond acceptors (Lipinski definition) is 3. The number of piperidine rings is 1. The smallest absolute Gasteiger partial charge is 0.255 e. The van der Waals surface area contributed by atoms with Crippen molar-refractivity contribution in [3.63, 3.8) is 0 Å². The number of carbonyl (C=O) groups is 2. The second-order valence-corrected chi connectivity index (χ2v) is 10.1. The summed E-state index contributed by atoms with van der Waals surface area (Å²) in [7, 11) is 0. The van der Waals surface area contributed by atoms with E-state index in [2.05, 4.69) is 9.80 Å². The van der Waals surface area contributed by atoms with Crippen molar-refractivity contribution in [1.82, 2.24) is 9.80 Å². The van der Waals surface area contributed by atoms with E-state index in [4.69, 9.17) is 0 Å². The van der Waals surface area contributed by atoms with Crippen molar-refractivity contribution < 1.29 is 9.59 Å². The standard InChI is InChI=1S/C23H32N2O2S/c1-18-5-4-8-20(17-18)22(27)25-15-16-28-23(25)11-13-24(14-12-23)21(26)10-9-19-6-2-3-7-19/h4-5,8,17,19H,2-3,6-7,9-16H2,1H3. The highest BCUT2D eigenvalue weighted by atomic mass is 32.2. The summed E-state index contributed by atoms with van der Waals surface area (Å²) in [4.78, 5) is 29.9. The zero-order valence-electron chi connectivity index (χ0n) is 17.0. The summed E-state index contributed by atoms with van der Waals surface area (Å²) in [5, 5.41) is 0. The molecule has 28 heavy (non-hydrogen) atoms. The Balaban J connectivity index is 1.35. The van der Waals surface area contributed by atoms with Gasteiger partial charge in [-0.15, -0.1) is 11.8 Å². The number of amides is 2. The van der Waals surface area contributed by atoms with Crippen LogP contribution in [0.4, 0.5) is 0 Å². The third-order valence-electron chi connectivity index (χ3n) is 6.83. The minimum Gasteiger partial charge on any atom is -0.342 e. The highest BCUT2D eigenvalue weighted by Crippen LogP contribution is 2.44. The number of thioether (sulfide) groups is 1. The Morgan fingerprint density at radius 3 is 2.61 bits per heavy atom. The molecule has 1 saturated carbocycles. The van der Waals surface area contributed by atoms with Crippen molar-refractivity contribution in [2.24, 2.45) is 5.92 Å². The molecule has 0 aromatic heterocycles. The first-order chi connectivity index (χ1) is 13.6. The number of hydrogen-bond donors (Lipinski definition) is 0. The van der Waals surface area contributed by atoms with Crippen LogP contribution in [0.3, 0.4) is 0 Å². The van der Waals surface area contributed by atoms with E-state index < -0.39 is 0 Å². The zero-order chi connectivity index (χ0) is 19.6. The third kappa shape index (κ3) is 4.10. The van der Waals surface area contributed by atoms with Crippen molar-refractivity contribution in [3.8, 4) is 0 Å². The Morgan fingerprint density at radius 2 is 1.89 bits per heavy atom. The van der Waals surface area contributed by atoms with Crippen molar-refractivity contribution >= 4 is 23.6 Å². The van der Waals surface area contributed by atoms with E-state index in [-0.39, 0.29) is 10.8 Å². The van der Waals surface area contributed by atoms with Crippen LogP contribution >= 0.6 is 11.8 Å². The summed E-state index contributed by atoms with van der Waals surface area (Å²) in [6.07, 6.45) is 8.85. The topological polar surface area (TPSA) is 40.6 Å². The molecular weight excluding hydrogens is 368 g/mol. The lowest BCUT2D eigenvalue weighted by molar-refractivity contribution is -0.133. The Morgan fingerprint density at radius 1 is 1.14 bits per heavy atom. The molecule has 2 saturated heterocycles. The number of aryl methyl sites for hydroxylation is 1. The Kier molecular flexibility index (Phi) is 6.00. The van der Waals surface area contributed by atoms with Gasteiger partial charge in [-0.05, 0) is 44.2 Å². The summed E-state index contributed by atoms with van der Waals surface area (Å²) in [6.45, 7) is 4.41. The predicted molar refractivity (Wildman–Crippen MR) is 114 cm³/mol. The summed E-state index contributed by atoms with van der Waals surface area (Å²) in [5.41, 5.74) is 1.91. The van der Waals surface area contributed by atoms with Gasteiger partial charge in [-0.3, -0.25) is 9.59 Å². The third-order valence-corrected chi connectivity index (χ3v) is 8.38. The van der Waals surface area contributed by atoms with Crippen LogP contribution in [0.1, 0.15) is 67.3 Å². The van der Waals surface area contributed by atoms with Gasteiger partial charge < -0.3 is 9.80 Å². The minimum atomic E-state index is -0.122. The lowest BCUT2D eigenvalue weighted by atomic mass is 9.98. The Hall–Kier alpha value is -1.49. The van der Waals surface area contributed by atoms with Gasteiger partial charge in [-0.1, -0.05) is 43.4 Å². The van der Waals surface area contributed by atoms with E-state index in [0.29, 0.717) is 12.3 Å². The lowest BCUT2D eigenvalue weighted by Crippen LogP contribution is -2.53. The van der Waals surface area contributed by atoms with E-state index in [1.165, 1.54) is 25.7 Å². The Bertz CT molecular complexity index is 721. The molecule has 0 N–H and O–H groups in total. The average Bonchev–Trinajstić information content (AvgIpc) is 3.36. The van der Waals surface area contributed by atoms with Gasteiger partial charge in [0.2, 0.25) is 5.91 Å². The maximum atomic E-state index is 13.2. The molecule has 3 fully saturated rings. The van der Waals surface area contributed by atoms with E-state index in [1.807, 2.05) is 43.0 Å². The van der Waals surface area contributed by atoms with Crippen LogP contribution in [0.15, 0.2) is 24.3 Å². The molecule has 2 heterocycles. The van der Waals surface area contributed by atoms with Crippen LogP contribution in [-0.2, 0) is 4.79 Å². The first-order valence-corrected chi connectivity index (χ1v) is 11.9. The van der Waals surface area contributed by atoms with Crippen LogP contribution < -0.4 is 0 Å². The lowest BCUT2D eigenvalue weighted by Gasteiger charge is -2.44. The number of likely N-dealkylation sites (tertiary alicyclic amines) is 1.